The highest BCUT2D eigenvalue weighted by atomic mass is 19.1. The summed E-state index contributed by atoms with van der Waals surface area (Å²) in [6.45, 7) is 4.49. The van der Waals surface area contributed by atoms with Crippen molar-refractivity contribution in [2.75, 3.05) is 0 Å². The molecular formula is C39H45F. The van der Waals surface area contributed by atoms with Gasteiger partial charge < -0.3 is 0 Å². The number of benzene rings is 4. The van der Waals surface area contributed by atoms with Gasteiger partial charge in [0.25, 0.3) is 0 Å². The molecule has 208 valence electrons. The average molecular weight is 533 g/mol. The summed E-state index contributed by atoms with van der Waals surface area (Å²) in [4.78, 5) is 0. The largest absolute Gasteiger partial charge is 0.205 e. The molecule has 0 saturated heterocycles. The lowest BCUT2D eigenvalue weighted by Gasteiger charge is -2.06. The van der Waals surface area contributed by atoms with Gasteiger partial charge in [-0.1, -0.05) is 131 Å². The molecule has 0 saturated carbocycles. The smallest absolute Gasteiger partial charge is 0.146 e. The first-order valence-corrected chi connectivity index (χ1v) is 15.6. The lowest BCUT2D eigenvalue weighted by molar-refractivity contribution is 0.632. The van der Waals surface area contributed by atoms with E-state index in [1.165, 1.54) is 86.5 Å². The van der Waals surface area contributed by atoms with Crippen LogP contribution in [0.5, 0.6) is 0 Å². The van der Waals surface area contributed by atoms with E-state index in [1.807, 2.05) is 30.3 Å². The minimum Gasteiger partial charge on any atom is -0.205 e. The van der Waals surface area contributed by atoms with Crippen LogP contribution in [0, 0.1) is 17.7 Å². The fraction of sp³-hybridized carbons (Fsp3) is 0.385. The topological polar surface area (TPSA) is 0 Å². The SMILES string of the molecule is CCCCCCCc1ccc(CCc2ccc(C#Cc3ccc4cc(CCCCCC)ccc4c3F)cc2)cc1. The fourth-order valence-electron chi connectivity index (χ4n) is 5.34. The van der Waals surface area contributed by atoms with Crippen molar-refractivity contribution in [2.45, 2.75) is 97.3 Å². The zero-order valence-electron chi connectivity index (χ0n) is 24.6. The summed E-state index contributed by atoms with van der Waals surface area (Å²) in [5.74, 6) is 6.01. The minimum atomic E-state index is -0.221. The zero-order valence-corrected chi connectivity index (χ0v) is 24.6. The Morgan fingerprint density at radius 1 is 0.500 bits per heavy atom. The van der Waals surface area contributed by atoms with E-state index in [0.29, 0.717) is 10.9 Å². The quantitative estimate of drug-likeness (QED) is 0.112. The number of hydrogen-bond donors (Lipinski definition) is 0. The molecule has 4 aromatic rings. The Hall–Kier alpha value is -3.37. The molecule has 1 heteroatoms. The van der Waals surface area contributed by atoms with Crippen LogP contribution >= 0.6 is 0 Å². The van der Waals surface area contributed by atoms with Crippen molar-refractivity contribution in [3.63, 3.8) is 0 Å². The molecule has 0 spiro atoms. The molecule has 40 heavy (non-hydrogen) atoms. The number of halogens is 1. The third kappa shape index (κ3) is 9.09. The van der Waals surface area contributed by atoms with Crippen molar-refractivity contribution in [2.24, 2.45) is 0 Å². The second-order valence-electron chi connectivity index (χ2n) is 11.2. The maximum Gasteiger partial charge on any atom is 0.146 e. The monoisotopic (exact) mass is 532 g/mol. The van der Waals surface area contributed by atoms with Crippen molar-refractivity contribution in [1.29, 1.82) is 0 Å². The summed E-state index contributed by atoms with van der Waals surface area (Å²) in [5.41, 5.74) is 6.79. The van der Waals surface area contributed by atoms with Gasteiger partial charge in [-0.3, -0.25) is 0 Å². The first-order chi connectivity index (χ1) is 19.7. The molecule has 0 heterocycles. The molecule has 0 fully saturated rings. The maximum absolute atomic E-state index is 15.2. The van der Waals surface area contributed by atoms with Gasteiger partial charge in [0.15, 0.2) is 0 Å². The number of unbranched alkanes of at least 4 members (excludes halogenated alkanes) is 7. The molecule has 0 aliphatic rings. The Balaban J connectivity index is 1.29. The van der Waals surface area contributed by atoms with Crippen LogP contribution in [0.2, 0.25) is 0 Å². The summed E-state index contributed by atoms with van der Waals surface area (Å²) in [5, 5.41) is 1.61. The summed E-state index contributed by atoms with van der Waals surface area (Å²) in [6.07, 6.45) is 15.9. The third-order valence-electron chi connectivity index (χ3n) is 7.93. The van der Waals surface area contributed by atoms with Gasteiger partial charge in [-0.25, -0.2) is 4.39 Å². The summed E-state index contributed by atoms with van der Waals surface area (Å²) in [6, 6.07) is 27.5. The van der Waals surface area contributed by atoms with Crippen molar-refractivity contribution < 1.29 is 4.39 Å². The Morgan fingerprint density at radius 3 is 1.68 bits per heavy atom. The predicted octanol–water partition coefficient (Wildman–Crippen LogP) is 10.8. The molecule has 0 radical (unpaired) electrons. The second-order valence-corrected chi connectivity index (χ2v) is 11.2. The van der Waals surface area contributed by atoms with Crippen LogP contribution in [-0.4, -0.2) is 0 Å². The zero-order chi connectivity index (χ0) is 28.0. The van der Waals surface area contributed by atoms with Gasteiger partial charge in [0.05, 0.1) is 5.56 Å². The third-order valence-corrected chi connectivity index (χ3v) is 7.93. The first kappa shape index (κ1) is 29.6. The van der Waals surface area contributed by atoms with Gasteiger partial charge in [-0.2, -0.15) is 0 Å². The molecular weight excluding hydrogens is 487 g/mol. The summed E-state index contributed by atoms with van der Waals surface area (Å²) in [7, 11) is 0. The van der Waals surface area contributed by atoms with E-state index >= 15 is 4.39 Å². The van der Waals surface area contributed by atoms with E-state index in [2.05, 4.69) is 74.2 Å². The Kier molecular flexibility index (Phi) is 11.9. The predicted molar refractivity (Wildman–Crippen MR) is 170 cm³/mol. The van der Waals surface area contributed by atoms with E-state index in [4.69, 9.17) is 0 Å². The molecule has 0 amide bonds. The van der Waals surface area contributed by atoms with Gasteiger partial charge in [0.2, 0.25) is 0 Å². The van der Waals surface area contributed by atoms with E-state index in [-0.39, 0.29) is 5.82 Å². The lowest BCUT2D eigenvalue weighted by Crippen LogP contribution is -1.93. The number of hydrogen-bond acceptors (Lipinski definition) is 0. The van der Waals surface area contributed by atoms with Crippen molar-refractivity contribution in [3.8, 4) is 11.8 Å². The highest BCUT2D eigenvalue weighted by Crippen LogP contribution is 2.23. The van der Waals surface area contributed by atoms with Gasteiger partial charge >= 0.3 is 0 Å². The van der Waals surface area contributed by atoms with Crippen LogP contribution in [-0.2, 0) is 25.7 Å². The van der Waals surface area contributed by atoms with Crippen LogP contribution < -0.4 is 0 Å². The van der Waals surface area contributed by atoms with Gasteiger partial charge in [-0.15, -0.1) is 0 Å². The highest BCUT2D eigenvalue weighted by molar-refractivity contribution is 5.85. The van der Waals surface area contributed by atoms with Crippen LogP contribution in [0.1, 0.15) is 105 Å². The van der Waals surface area contributed by atoms with Crippen LogP contribution in [0.4, 0.5) is 4.39 Å². The minimum absolute atomic E-state index is 0.221. The normalized spacial score (nSPS) is 11.0. The van der Waals surface area contributed by atoms with Crippen LogP contribution in [0.3, 0.4) is 0 Å². The Morgan fingerprint density at radius 2 is 1.02 bits per heavy atom. The summed E-state index contributed by atoms with van der Waals surface area (Å²) >= 11 is 0. The number of aryl methyl sites for hydroxylation is 4. The van der Waals surface area contributed by atoms with Crippen molar-refractivity contribution in [3.05, 3.63) is 118 Å². The molecule has 0 aromatic heterocycles. The number of fused-ring (bicyclic) bond motifs is 1. The molecule has 0 aliphatic carbocycles. The Bertz CT molecular complexity index is 1380. The fourth-order valence-corrected chi connectivity index (χ4v) is 5.34. The van der Waals surface area contributed by atoms with E-state index in [9.17, 15) is 0 Å². The molecule has 0 unspecified atom stereocenters. The van der Waals surface area contributed by atoms with Crippen LogP contribution in [0.15, 0.2) is 78.9 Å². The molecule has 4 rings (SSSR count). The first-order valence-electron chi connectivity index (χ1n) is 15.6. The van der Waals surface area contributed by atoms with Gasteiger partial charge in [-0.05, 0) is 84.4 Å². The standard InChI is InChI=1S/C39H45F/c1-3-5-7-9-11-12-31-14-16-32(17-15-31)18-19-33-20-22-34(23-21-33)24-26-36-27-28-37-30-35(13-10-8-6-4-2)25-29-38(37)39(36)40/h14-17,20-23,25,27-30H,3-13,18-19H2,1-2H3. The van der Waals surface area contributed by atoms with Gasteiger partial charge in [0.1, 0.15) is 5.82 Å². The Labute approximate surface area is 242 Å². The van der Waals surface area contributed by atoms with E-state index in [1.54, 1.807) is 0 Å². The highest BCUT2D eigenvalue weighted by Gasteiger charge is 2.07. The van der Waals surface area contributed by atoms with E-state index < -0.39 is 0 Å². The molecule has 0 atom stereocenters. The summed E-state index contributed by atoms with van der Waals surface area (Å²) < 4.78 is 15.2. The molecule has 0 nitrogen and oxygen atoms in total. The van der Waals surface area contributed by atoms with Gasteiger partial charge in [0, 0.05) is 10.9 Å². The van der Waals surface area contributed by atoms with Crippen LogP contribution in [0.25, 0.3) is 10.8 Å². The van der Waals surface area contributed by atoms with Crippen molar-refractivity contribution in [1.82, 2.24) is 0 Å². The molecule has 0 bridgehead atoms. The average Bonchev–Trinajstić information content (AvgIpc) is 2.99. The molecule has 4 aromatic carbocycles. The van der Waals surface area contributed by atoms with E-state index in [0.717, 1.165) is 30.2 Å². The molecule has 0 N–H and O–H groups in total. The second kappa shape index (κ2) is 16.0. The maximum atomic E-state index is 15.2. The number of rotatable bonds is 14. The molecule has 0 aliphatic heterocycles. The van der Waals surface area contributed by atoms with Crippen molar-refractivity contribution >= 4 is 10.8 Å². The lowest BCUT2D eigenvalue weighted by atomic mass is 9.99.